The monoisotopic (exact) mass is 297 g/mol. The van der Waals surface area contributed by atoms with Crippen LogP contribution in [-0.2, 0) is 6.54 Å². The maximum absolute atomic E-state index is 3.50. The average Bonchev–Trinajstić information content (AvgIpc) is 2.64. The summed E-state index contributed by atoms with van der Waals surface area (Å²) in [6, 6.07) is 21.7. The van der Waals surface area contributed by atoms with E-state index in [4.69, 9.17) is 0 Å². The lowest BCUT2D eigenvalue weighted by molar-refractivity contribution is 0.760. The molecule has 1 nitrogen and oxygen atoms in total. The molecular weight excluding hydrogens is 278 g/mol. The zero-order valence-corrected chi connectivity index (χ0v) is 13.0. The van der Waals surface area contributed by atoms with Crippen LogP contribution >= 0.6 is 0 Å². The van der Waals surface area contributed by atoms with Crippen molar-refractivity contribution in [3.05, 3.63) is 94.4 Å². The largest absolute Gasteiger partial charge is 0.309 e. The second-order valence-corrected chi connectivity index (χ2v) is 5.86. The molecule has 0 spiro atoms. The van der Waals surface area contributed by atoms with E-state index in [0.29, 0.717) is 0 Å². The summed E-state index contributed by atoms with van der Waals surface area (Å²) >= 11 is 0. The van der Waals surface area contributed by atoms with Crippen molar-refractivity contribution < 1.29 is 0 Å². The van der Waals surface area contributed by atoms with Crippen molar-refractivity contribution in [2.24, 2.45) is 0 Å². The summed E-state index contributed by atoms with van der Waals surface area (Å²) in [5.74, 6) is 0. The van der Waals surface area contributed by atoms with Crippen molar-refractivity contribution in [1.82, 2.24) is 5.32 Å². The van der Waals surface area contributed by atoms with Crippen LogP contribution in [0.5, 0.6) is 0 Å². The van der Waals surface area contributed by atoms with Crippen LogP contribution in [-0.4, -0.2) is 6.54 Å². The van der Waals surface area contributed by atoms with Crippen molar-refractivity contribution in [3.63, 3.8) is 0 Å². The van der Waals surface area contributed by atoms with Gasteiger partial charge in [-0.25, -0.2) is 0 Å². The van der Waals surface area contributed by atoms with Gasteiger partial charge in [-0.3, -0.25) is 0 Å². The fourth-order valence-electron chi connectivity index (χ4n) is 3.14. The van der Waals surface area contributed by atoms with Crippen LogP contribution in [0.25, 0.3) is 22.9 Å². The van der Waals surface area contributed by atoms with Gasteiger partial charge in [-0.15, -0.1) is 0 Å². The van der Waals surface area contributed by atoms with Crippen LogP contribution in [0.3, 0.4) is 0 Å². The molecule has 0 aliphatic carbocycles. The first-order chi connectivity index (χ1) is 11.4. The predicted octanol–water partition coefficient (Wildman–Crippen LogP) is 3.11. The lowest BCUT2D eigenvalue weighted by Gasteiger charge is -2.11. The Balaban J connectivity index is 2.09. The summed E-state index contributed by atoms with van der Waals surface area (Å²) in [4.78, 5) is 0. The standard InChI is InChI=1S/C22H19N/c1-2-10-19-15-22-20(13-12-18-9-3-4-11-21(18)22)16-23-14-6-5-8-17(19)7-1/h1-13,15,23H,14,16H2/b6-5?,17-8?,19-15+. The Morgan fingerprint density at radius 2 is 1.61 bits per heavy atom. The highest BCUT2D eigenvalue weighted by Gasteiger charge is 2.05. The molecule has 0 unspecified atom stereocenters. The topological polar surface area (TPSA) is 12.0 Å². The van der Waals surface area contributed by atoms with E-state index in [1.165, 1.54) is 32.3 Å². The molecule has 23 heavy (non-hydrogen) atoms. The maximum Gasteiger partial charge on any atom is 0.0214 e. The molecule has 1 aliphatic heterocycles. The van der Waals surface area contributed by atoms with E-state index in [0.717, 1.165) is 13.1 Å². The van der Waals surface area contributed by atoms with Gasteiger partial charge in [0.25, 0.3) is 0 Å². The van der Waals surface area contributed by atoms with Crippen molar-refractivity contribution in [2.75, 3.05) is 6.54 Å². The molecule has 1 heteroatoms. The van der Waals surface area contributed by atoms with Crippen LogP contribution in [0, 0.1) is 0 Å². The second-order valence-electron chi connectivity index (χ2n) is 5.86. The SMILES string of the molecule is C1=CCNCc2ccc3ccccc3c2/C=c2\ccccc2=C1. The van der Waals surface area contributed by atoms with E-state index in [1.807, 2.05) is 0 Å². The molecule has 0 saturated carbocycles. The first kappa shape index (κ1) is 14.0. The number of hydrogen-bond donors (Lipinski definition) is 1. The Kier molecular flexibility index (Phi) is 3.79. The molecule has 1 aliphatic rings. The van der Waals surface area contributed by atoms with Crippen LogP contribution in [0.1, 0.15) is 11.1 Å². The van der Waals surface area contributed by atoms with Crippen LogP contribution in [0.2, 0.25) is 0 Å². The Labute approximate surface area is 136 Å². The zero-order valence-electron chi connectivity index (χ0n) is 13.0. The van der Waals surface area contributed by atoms with Crippen LogP contribution in [0.15, 0.2) is 72.8 Å². The third kappa shape index (κ3) is 2.84. The molecule has 0 radical (unpaired) electrons. The maximum atomic E-state index is 3.50. The minimum Gasteiger partial charge on any atom is -0.309 e. The van der Waals surface area contributed by atoms with E-state index in [2.05, 4.69) is 90.3 Å². The van der Waals surface area contributed by atoms with Gasteiger partial charge in [-0.2, -0.15) is 0 Å². The van der Waals surface area contributed by atoms with Crippen molar-refractivity contribution in [3.8, 4) is 0 Å². The zero-order chi connectivity index (χ0) is 15.5. The van der Waals surface area contributed by atoms with Gasteiger partial charge in [-0.1, -0.05) is 78.9 Å². The van der Waals surface area contributed by atoms with Gasteiger partial charge in [0.2, 0.25) is 0 Å². The number of rotatable bonds is 0. The Morgan fingerprint density at radius 1 is 0.783 bits per heavy atom. The molecule has 1 heterocycles. The lowest BCUT2D eigenvalue weighted by Crippen LogP contribution is -2.23. The van der Waals surface area contributed by atoms with Crippen LogP contribution in [0.4, 0.5) is 0 Å². The summed E-state index contributed by atoms with van der Waals surface area (Å²) in [6.07, 6.45) is 8.81. The van der Waals surface area contributed by atoms with Gasteiger partial charge in [0.1, 0.15) is 0 Å². The summed E-state index contributed by atoms with van der Waals surface area (Å²) < 4.78 is 0. The van der Waals surface area contributed by atoms with Gasteiger partial charge in [-0.05, 0) is 38.4 Å². The summed E-state index contributed by atoms with van der Waals surface area (Å²) in [7, 11) is 0. The second kappa shape index (κ2) is 6.23. The highest BCUT2D eigenvalue weighted by molar-refractivity contribution is 5.91. The molecule has 112 valence electrons. The van der Waals surface area contributed by atoms with Gasteiger partial charge in [0.05, 0.1) is 0 Å². The van der Waals surface area contributed by atoms with Gasteiger partial charge in [0, 0.05) is 13.1 Å². The predicted molar refractivity (Wildman–Crippen MR) is 98.5 cm³/mol. The normalized spacial score (nSPS) is 15.6. The summed E-state index contributed by atoms with van der Waals surface area (Å²) in [5, 5.41) is 8.62. The van der Waals surface area contributed by atoms with Crippen LogP contribution < -0.4 is 15.8 Å². The van der Waals surface area contributed by atoms with Crippen molar-refractivity contribution >= 4 is 22.9 Å². The number of fused-ring (bicyclic) bond motifs is 4. The Bertz CT molecular complexity index is 996. The molecule has 0 aromatic heterocycles. The molecule has 4 rings (SSSR count). The first-order valence-electron chi connectivity index (χ1n) is 8.07. The third-order valence-electron chi connectivity index (χ3n) is 4.35. The minimum atomic E-state index is 0.878. The first-order valence-corrected chi connectivity index (χ1v) is 8.07. The summed E-state index contributed by atoms with van der Waals surface area (Å²) in [6.45, 7) is 1.76. The van der Waals surface area contributed by atoms with E-state index in [9.17, 15) is 0 Å². The number of benzene rings is 3. The average molecular weight is 297 g/mol. The third-order valence-corrected chi connectivity index (χ3v) is 4.35. The van der Waals surface area contributed by atoms with Gasteiger partial charge < -0.3 is 5.32 Å². The Hall–Kier alpha value is -2.64. The Morgan fingerprint density at radius 3 is 2.57 bits per heavy atom. The molecule has 0 saturated heterocycles. The van der Waals surface area contributed by atoms with E-state index in [1.54, 1.807) is 0 Å². The van der Waals surface area contributed by atoms with Crippen molar-refractivity contribution in [1.29, 1.82) is 0 Å². The fourth-order valence-corrected chi connectivity index (χ4v) is 3.14. The summed E-state index contributed by atoms with van der Waals surface area (Å²) in [5.41, 5.74) is 2.66. The molecule has 1 N–H and O–H groups in total. The van der Waals surface area contributed by atoms with Crippen molar-refractivity contribution in [2.45, 2.75) is 6.54 Å². The van der Waals surface area contributed by atoms with Gasteiger partial charge in [0.15, 0.2) is 0 Å². The highest BCUT2D eigenvalue weighted by Crippen LogP contribution is 2.23. The fraction of sp³-hybridized carbons (Fsp3) is 0.0909. The van der Waals surface area contributed by atoms with E-state index in [-0.39, 0.29) is 0 Å². The molecule has 3 aromatic rings. The quantitative estimate of drug-likeness (QED) is 0.672. The number of hydrogen-bond acceptors (Lipinski definition) is 1. The molecule has 0 bridgehead atoms. The highest BCUT2D eigenvalue weighted by atomic mass is 14.8. The van der Waals surface area contributed by atoms with E-state index >= 15 is 0 Å². The lowest BCUT2D eigenvalue weighted by atomic mass is 9.97. The van der Waals surface area contributed by atoms with Gasteiger partial charge >= 0.3 is 0 Å². The molecule has 0 fully saturated rings. The number of nitrogens with one attached hydrogen (secondary N) is 1. The minimum absolute atomic E-state index is 0.878. The molecule has 0 amide bonds. The molecular formula is C22H19N. The smallest absolute Gasteiger partial charge is 0.0214 e. The van der Waals surface area contributed by atoms with E-state index < -0.39 is 0 Å². The molecule has 0 atom stereocenters. The number of allylic oxidation sites excluding steroid dienone is 1. The molecule has 3 aromatic carbocycles.